The average Bonchev–Trinajstić information content (AvgIpc) is 3.24. The van der Waals surface area contributed by atoms with Crippen molar-refractivity contribution in [2.24, 2.45) is 5.10 Å². The Morgan fingerprint density at radius 1 is 0.906 bits per heavy atom. The van der Waals surface area contributed by atoms with E-state index in [4.69, 9.17) is 5.10 Å². The standard InChI is InChI=1S/C26H21N5O/c1-18-9-8-10-20(15-18)25-21(17-30(29-25)22-11-4-3-5-12-22)16-27-31-19(2)28-24-14-7-6-13-23(24)26(31)32/h3-17H,1-2H3/b27-16-. The first kappa shape index (κ1) is 19.6. The summed E-state index contributed by atoms with van der Waals surface area (Å²) < 4.78 is 3.16. The fraction of sp³-hybridized carbons (Fsp3) is 0.0769. The molecule has 6 heteroatoms. The molecule has 0 saturated carbocycles. The predicted octanol–water partition coefficient (Wildman–Crippen LogP) is 4.75. The van der Waals surface area contributed by atoms with Gasteiger partial charge in [0.05, 0.1) is 22.8 Å². The van der Waals surface area contributed by atoms with Crippen LogP contribution >= 0.6 is 0 Å². The molecule has 0 N–H and O–H groups in total. The predicted molar refractivity (Wildman–Crippen MR) is 127 cm³/mol. The fourth-order valence-electron chi connectivity index (χ4n) is 3.70. The molecule has 2 aromatic heterocycles. The smallest absolute Gasteiger partial charge is 0.267 e. The molecule has 0 aliphatic heterocycles. The molecule has 32 heavy (non-hydrogen) atoms. The van der Waals surface area contributed by atoms with Crippen molar-refractivity contribution in [1.29, 1.82) is 0 Å². The lowest BCUT2D eigenvalue weighted by atomic mass is 10.1. The second-order valence-corrected chi connectivity index (χ2v) is 7.62. The largest absolute Gasteiger partial charge is 0.282 e. The van der Waals surface area contributed by atoms with Gasteiger partial charge < -0.3 is 0 Å². The van der Waals surface area contributed by atoms with Crippen LogP contribution in [0.15, 0.2) is 95.0 Å². The highest BCUT2D eigenvalue weighted by Crippen LogP contribution is 2.23. The molecule has 0 aliphatic rings. The van der Waals surface area contributed by atoms with Crippen molar-refractivity contribution in [3.8, 4) is 16.9 Å². The van der Waals surface area contributed by atoms with E-state index < -0.39 is 0 Å². The van der Waals surface area contributed by atoms with Gasteiger partial charge in [0.15, 0.2) is 0 Å². The van der Waals surface area contributed by atoms with Crippen LogP contribution in [0.3, 0.4) is 0 Å². The molecule has 3 aromatic carbocycles. The molecule has 156 valence electrons. The summed E-state index contributed by atoms with van der Waals surface area (Å²) in [5.41, 5.74) is 5.14. The molecule has 6 nitrogen and oxygen atoms in total. The Balaban J connectivity index is 1.65. The Kier molecular flexibility index (Phi) is 4.95. The van der Waals surface area contributed by atoms with E-state index in [-0.39, 0.29) is 5.56 Å². The lowest BCUT2D eigenvalue weighted by Gasteiger charge is -2.05. The average molecular weight is 419 g/mol. The number of nitrogens with zero attached hydrogens (tertiary/aromatic N) is 5. The number of rotatable bonds is 4. The van der Waals surface area contributed by atoms with Crippen LogP contribution < -0.4 is 5.56 Å². The Bertz CT molecular complexity index is 1510. The number of aryl methyl sites for hydroxylation is 2. The lowest BCUT2D eigenvalue weighted by molar-refractivity contribution is 0.771. The Morgan fingerprint density at radius 2 is 1.69 bits per heavy atom. The Labute approximate surface area is 185 Å². The van der Waals surface area contributed by atoms with Crippen LogP contribution in [0.4, 0.5) is 0 Å². The van der Waals surface area contributed by atoms with Gasteiger partial charge in [-0.05, 0) is 44.2 Å². The summed E-state index contributed by atoms with van der Waals surface area (Å²) in [7, 11) is 0. The van der Waals surface area contributed by atoms with Gasteiger partial charge in [-0.1, -0.05) is 54.1 Å². The maximum atomic E-state index is 13.0. The van der Waals surface area contributed by atoms with E-state index in [1.54, 1.807) is 19.2 Å². The van der Waals surface area contributed by atoms with Crippen LogP contribution in [0.1, 0.15) is 17.0 Å². The first-order valence-electron chi connectivity index (χ1n) is 10.3. The van der Waals surface area contributed by atoms with Crippen LogP contribution in [0, 0.1) is 13.8 Å². The molecular weight excluding hydrogens is 398 g/mol. The molecule has 0 bridgehead atoms. The summed E-state index contributed by atoms with van der Waals surface area (Å²) in [6.07, 6.45) is 3.60. The fourth-order valence-corrected chi connectivity index (χ4v) is 3.70. The van der Waals surface area contributed by atoms with Crippen LogP contribution in [-0.4, -0.2) is 25.7 Å². The second-order valence-electron chi connectivity index (χ2n) is 7.62. The zero-order valence-electron chi connectivity index (χ0n) is 17.8. The van der Waals surface area contributed by atoms with Crippen molar-refractivity contribution in [1.82, 2.24) is 19.4 Å². The van der Waals surface area contributed by atoms with E-state index in [2.05, 4.69) is 29.1 Å². The van der Waals surface area contributed by atoms with Crippen molar-refractivity contribution in [2.45, 2.75) is 13.8 Å². The minimum absolute atomic E-state index is 0.197. The van der Waals surface area contributed by atoms with Gasteiger partial charge >= 0.3 is 0 Å². The number of para-hydroxylation sites is 2. The number of hydrogen-bond donors (Lipinski definition) is 0. The van der Waals surface area contributed by atoms with E-state index >= 15 is 0 Å². The van der Waals surface area contributed by atoms with Crippen LogP contribution in [0.5, 0.6) is 0 Å². The van der Waals surface area contributed by atoms with E-state index in [0.717, 1.165) is 28.1 Å². The van der Waals surface area contributed by atoms with Gasteiger partial charge in [-0.3, -0.25) is 4.79 Å². The normalized spacial score (nSPS) is 11.4. The topological polar surface area (TPSA) is 65.1 Å². The van der Waals surface area contributed by atoms with Gasteiger partial charge in [-0.25, -0.2) is 9.67 Å². The van der Waals surface area contributed by atoms with Gasteiger partial charge in [-0.2, -0.15) is 14.9 Å². The summed E-state index contributed by atoms with van der Waals surface area (Å²) in [5, 5.41) is 9.86. The minimum Gasteiger partial charge on any atom is -0.267 e. The molecule has 0 fully saturated rings. The highest BCUT2D eigenvalue weighted by molar-refractivity contribution is 5.89. The quantitative estimate of drug-likeness (QED) is 0.395. The van der Waals surface area contributed by atoms with Crippen LogP contribution in [0.2, 0.25) is 0 Å². The first-order valence-corrected chi connectivity index (χ1v) is 10.3. The van der Waals surface area contributed by atoms with Crippen molar-refractivity contribution in [3.63, 3.8) is 0 Å². The van der Waals surface area contributed by atoms with Crippen molar-refractivity contribution in [3.05, 3.63) is 112 Å². The zero-order chi connectivity index (χ0) is 22.1. The molecule has 0 spiro atoms. The van der Waals surface area contributed by atoms with E-state index in [0.29, 0.717) is 16.7 Å². The number of fused-ring (bicyclic) bond motifs is 1. The zero-order valence-corrected chi connectivity index (χ0v) is 17.8. The SMILES string of the molecule is Cc1cccc(-c2nn(-c3ccccc3)cc2/C=N\n2c(C)nc3ccccc3c2=O)c1. The highest BCUT2D eigenvalue weighted by Gasteiger charge is 2.12. The molecule has 0 saturated heterocycles. The van der Waals surface area contributed by atoms with Gasteiger partial charge in [0.25, 0.3) is 5.56 Å². The molecule has 0 amide bonds. The first-order chi connectivity index (χ1) is 15.6. The van der Waals surface area contributed by atoms with E-state index in [9.17, 15) is 4.79 Å². The molecular formula is C26H21N5O. The Hall–Kier alpha value is -4.32. The third kappa shape index (κ3) is 3.63. The summed E-state index contributed by atoms with van der Waals surface area (Å²) in [6.45, 7) is 3.83. The van der Waals surface area contributed by atoms with Gasteiger partial charge in [0.1, 0.15) is 11.5 Å². The summed E-state index contributed by atoms with van der Waals surface area (Å²) in [4.78, 5) is 17.5. The second kappa shape index (κ2) is 8.07. The summed E-state index contributed by atoms with van der Waals surface area (Å²) in [5.74, 6) is 0.525. The summed E-state index contributed by atoms with van der Waals surface area (Å²) in [6, 6.07) is 25.4. The number of aromatic nitrogens is 4. The van der Waals surface area contributed by atoms with Crippen LogP contribution in [-0.2, 0) is 0 Å². The van der Waals surface area contributed by atoms with Crippen LogP contribution in [0.25, 0.3) is 27.8 Å². The molecule has 0 unspecified atom stereocenters. The van der Waals surface area contributed by atoms with E-state index in [1.807, 2.05) is 71.5 Å². The van der Waals surface area contributed by atoms with Gasteiger partial charge in [0.2, 0.25) is 0 Å². The van der Waals surface area contributed by atoms with Gasteiger partial charge in [0, 0.05) is 17.3 Å². The monoisotopic (exact) mass is 419 g/mol. The highest BCUT2D eigenvalue weighted by atomic mass is 16.1. The van der Waals surface area contributed by atoms with Crippen molar-refractivity contribution in [2.75, 3.05) is 0 Å². The molecule has 5 aromatic rings. The van der Waals surface area contributed by atoms with Crippen molar-refractivity contribution >= 4 is 17.1 Å². The lowest BCUT2D eigenvalue weighted by Crippen LogP contribution is -2.20. The third-order valence-electron chi connectivity index (χ3n) is 5.28. The van der Waals surface area contributed by atoms with Crippen molar-refractivity contribution < 1.29 is 0 Å². The maximum Gasteiger partial charge on any atom is 0.282 e. The van der Waals surface area contributed by atoms with Gasteiger partial charge in [-0.15, -0.1) is 0 Å². The minimum atomic E-state index is -0.197. The molecule has 5 rings (SSSR count). The number of benzene rings is 3. The summed E-state index contributed by atoms with van der Waals surface area (Å²) >= 11 is 0. The third-order valence-corrected chi connectivity index (χ3v) is 5.28. The maximum absolute atomic E-state index is 13.0. The van der Waals surface area contributed by atoms with E-state index in [1.165, 1.54) is 4.68 Å². The Morgan fingerprint density at radius 3 is 2.50 bits per heavy atom. The number of hydrogen-bond acceptors (Lipinski definition) is 4. The molecule has 2 heterocycles. The molecule has 0 aliphatic carbocycles. The molecule has 0 radical (unpaired) electrons. The molecule has 0 atom stereocenters.